The van der Waals surface area contributed by atoms with Crippen LogP contribution in [0.2, 0.25) is 0 Å². The van der Waals surface area contributed by atoms with E-state index < -0.39 is 6.10 Å². The molecule has 6 nitrogen and oxygen atoms in total. The topological polar surface area (TPSA) is 78.9 Å². The van der Waals surface area contributed by atoms with Crippen LogP contribution in [0.5, 0.6) is 0 Å². The molecule has 0 aromatic heterocycles. The Balaban J connectivity index is 3.97. The van der Waals surface area contributed by atoms with Crippen LogP contribution in [0, 0.1) is 0 Å². The van der Waals surface area contributed by atoms with Crippen LogP contribution in [-0.2, 0) is 28.6 Å². The summed E-state index contributed by atoms with van der Waals surface area (Å²) in [6, 6.07) is 0. The van der Waals surface area contributed by atoms with Crippen molar-refractivity contribution in [2.24, 2.45) is 0 Å². The maximum atomic E-state index is 12.8. The quantitative estimate of drug-likeness (QED) is 0.0261. The zero-order chi connectivity index (χ0) is 50.7. The summed E-state index contributed by atoms with van der Waals surface area (Å²) in [5.74, 6) is -0.872. The molecular weight excluding hydrogens is 865 g/mol. The van der Waals surface area contributed by atoms with Crippen LogP contribution in [0.15, 0.2) is 36.5 Å². The van der Waals surface area contributed by atoms with Gasteiger partial charge in [-0.3, -0.25) is 14.4 Å². The van der Waals surface area contributed by atoms with Crippen molar-refractivity contribution in [1.82, 2.24) is 0 Å². The fourth-order valence-electron chi connectivity index (χ4n) is 9.18. The second kappa shape index (κ2) is 59.2. The molecule has 0 spiro atoms. The fraction of sp³-hybridized carbons (Fsp3) is 0.859. The van der Waals surface area contributed by atoms with Gasteiger partial charge in [0, 0.05) is 19.3 Å². The molecule has 0 rings (SSSR count). The van der Waals surface area contributed by atoms with Gasteiger partial charge >= 0.3 is 17.9 Å². The van der Waals surface area contributed by atoms with Gasteiger partial charge in [0.15, 0.2) is 6.10 Å². The van der Waals surface area contributed by atoms with Gasteiger partial charge in [0.05, 0.1) is 0 Å². The third-order valence-corrected chi connectivity index (χ3v) is 13.9. The summed E-state index contributed by atoms with van der Waals surface area (Å²) in [5.41, 5.74) is 0. The van der Waals surface area contributed by atoms with E-state index in [1.54, 1.807) is 0 Å². The minimum atomic E-state index is -0.768. The highest BCUT2D eigenvalue weighted by atomic mass is 16.6. The third kappa shape index (κ3) is 56.5. The average Bonchev–Trinajstić information content (AvgIpc) is 3.36. The molecule has 0 aromatic rings. The minimum Gasteiger partial charge on any atom is -0.462 e. The maximum absolute atomic E-state index is 12.8. The van der Waals surface area contributed by atoms with Crippen molar-refractivity contribution in [2.75, 3.05) is 13.2 Å². The number of carbonyl (C=O) groups is 3. The lowest BCUT2D eigenvalue weighted by molar-refractivity contribution is -0.167. The molecule has 1 unspecified atom stereocenters. The van der Waals surface area contributed by atoms with E-state index in [1.807, 2.05) is 0 Å². The Morgan fingerprint density at radius 1 is 0.286 bits per heavy atom. The standard InChI is InChI=1S/C64H118O6/c1-4-7-10-13-15-17-19-21-23-25-27-28-29-30-31-32-33-34-35-36-37-39-40-42-44-46-48-51-54-57-63(66)69-60-61(59-68-62(65)56-53-50-12-9-6-3)70-64(67)58-55-52-49-47-45-43-41-38-26-24-22-20-18-16-14-11-8-5-2/h19,21,24-27,61H,4-18,20,22-23,28-60H2,1-3H3/b21-19-,26-24-,27-25-. The van der Waals surface area contributed by atoms with Crippen LogP contribution in [0.3, 0.4) is 0 Å². The first-order chi connectivity index (χ1) is 34.5. The van der Waals surface area contributed by atoms with E-state index in [9.17, 15) is 14.4 Å². The molecule has 0 bridgehead atoms. The Labute approximate surface area is 435 Å². The first-order valence-corrected chi connectivity index (χ1v) is 31.0. The lowest BCUT2D eigenvalue weighted by atomic mass is 10.0. The average molecular weight is 984 g/mol. The zero-order valence-corrected chi connectivity index (χ0v) is 47.1. The van der Waals surface area contributed by atoms with Gasteiger partial charge in [-0.1, -0.05) is 276 Å². The first-order valence-electron chi connectivity index (χ1n) is 31.0. The van der Waals surface area contributed by atoms with Crippen molar-refractivity contribution in [3.8, 4) is 0 Å². The molecule has 0 aliphatic heterocycles. The van der Waals surface area contributed by atoms with Gasteiger partial charge in [-0.05, 0) is 77.0 Å². The monoisotopic (exact) mass is 983 g/mol. The van der Waals surface area contributed by atoms with Gasteiger partial charge in [0.1, 0.15) is 13.2 Å². The van der Waals surface area contributed by atoms with Gasteiger partial charge in [-0.2, -0.15) is 0 Å². The molecule has 0 heterocycles. The number of ether oxygens (including phenoxy) is 3. The number of unbranched alkanes of at least 4 members (excludes halogenated alkanes) is 40. The van der Waals surface area contributed by atoms with Crippen molar-refractivity contribution in [3.63, 3.8) is 0 Å². The van der Waals surface area contributed by atoms with E-state index in [1.165, 1.54) is 225 Å². The summed E-state index contributed by atoms with van der Waals surface area (Å²) in [4.78, 5) is 37.8. The number of esters is 3. The van der Waals surface area contributed by atoms with E-state index in [2.05, 4.69) is 57.2 Å². The van der Waals surface area contributed by atoms with Crippen molar-refractivity contribution in [3.05, 3.63) is 36.5 Å². The van der Waals surface area contributed by atoms with Gasteiger partial charge in [-0.15, -0.1) is 0 Å². The molecule has 0 aliphatic carbocycles. The Kier molecular flexibility index (Phi) is 57.2. The summed E-state index contributed by atoms with van der Waals surface area (Å²) in [6.45, 7) is 6.58. The largest absolute Gasteiger partial charge is 0.462 e. The molecule has 0 amide bonds. The molecule has 0 saturated carbocycles. The van der Waals surface area contributed by atoms with Crippen LogP contribution in [0.4, 0.5) is 0 Å². The highest BCUT2D eigenvalue weighted by Crippen LogP contribution is 2.17. The molecule has 6 heteroatoms. The lowest BCUT2D eigenvalue weighted by Crippen LogP contribution is -2.30. The van der Waals surface area contributed by atoms with E-state index in [4.69, 9.17) is 14.2 Å². The van der Waals surface area contributed by atoms with E-state index in [0.29, 0.717) is 19.3 Å². The molecule has 0 N–H and O–H groups in total. The first kappa shape index (κ1) is 67.6. The lowest BCUT2D eigenvalue weighted by Gasteiger charge is -2.18. The molecule has 1 atom stereocenters. The molecule has 0 saturated heterocycles. The van der Waals surface area contributed by atoms with Gasteiger partial charge in [0.2, 0.25) is 0 Å². The van der Waals surface area contributed by atoms with E-state index in [-0.39, 0.29) is 31.1 Å². The maximum Gasteiger partial charge on any atom is 0.306 e. The Morgan fingerprint density at radius 2 is 0.514 bits per heavy atom. The van der Waals surface area contributed by atoms with Crippen LogP contribution in [0.25, 0.3) is 0 Å². The molecule has 0 radical (unpaired) electrons. The minimum absolute atomic E-state index is 0.0705. The normalized spacial score (nSPS) is 12.2. The van der Waals surface area contributed by atoms with Gasteiger partial charge in [0.25, 0.3) is 0 Å². The third-order valence-electron chi connectivity index (χ3n) is 13.9. The summed E-state index contributed by atoms with van der Waals surface area (Å²) >= 11 is 0. The van der Waals surface area contributed by atoms with Crippen molar-refractivity contribution >= 4 is 17.9 Å². The second-order valence-electron chi connectivity index (χ2n) is 21.0. The zero-order valence-electron chi connectivity index (χ0n) is 47.1. The summed E-state index contributed by atoms with van der Waals surface area (Å²) in [5, 5.41) is 0. The highest BCUT2D eigenvalue weighted by molar-refractivity contribution is 5.71. The van der Waals surface area contributed by atoms with Crippen molar-refractivity contribution in [2.45, 2.75) is 341 Å². The smallest absolute Gasteiger partial charge is 0.306 e. The van der Waals surface area contributed by atoms with Crippen molar-refractivity contribution < 1.29 is 28.6 Å². The number of rotatable bonds is 57. The Bertz CT molecular complexity index is 1170. The SMILES string of the molecule is CCCCCCC/C=C\C/C=C\CCCCCCCCCCCCCCCCCCCC(=O)OCC(COC(=O)CCCCCCC)OC(=O)CCCCCCCCC/C=C\CCCCCCCCC. The van der Waals surface area contributed by atoms with Crippen LogP contribution in [-0.4, -0.2) is 37.2 Å². The summed E-state index contributed by atoms with van der Waals surface area (Å²) in [7, 11) is 0. The van der Waals surface area contributed by atoms with Crippen LogP contribution >= 0.6 is 0 Å². The van der Waals surface area contributed by atoms with Gasteiger partial charge < -0.3 is 14.2 Å². The number of allylic oxidation sites excluding steroid dienone is 6. The molecule has 410 valence electrons. The molecule has 70 heavy (non-hydrogen) atoms. The fourth-order valence-corrected chi connectivity index (χ4v) is 9.18. The van der Waals surface area contributed by atoms with E-state index >= 15 is 0 Å². The van der Waals surface area contributed by atoms with Crippen LogP contribution < -0.4 is 0 Å². The summed E-state index contributed by atoms with van der Waals surface area (Å²) in [6.07, 6.45) is 72.0. The van der Waals surface area contributed by atoms with Gasteiger partial charge in [-0.25, -0.2) is 0 Å². The van der Waals surface area contributed by atoms with E-state index in [0.717, 1.165) is 70.6 Å². The number of hydrogen-bond donors (Lipinski definition) is 0. The molecule has 0 fully saturated rings. The molecule has 0 aliphatic rings. The molecule has 0 aromatic carbocycles. The predicted molar refractivity (Wildman–Crippen MR) is 302 cm³/mol. The predicted octanol–water partition coefficient (Wildman–Crippen LogP) is 20.8. The van der Waals surface area contributed by atoms with Crippen LogP contribution in [0.1, 0.15) is 335 Å². The Morgan fingerprint density at radius 3 is 0.800 bits per heavy atom. The second-order valence-corrected chi connectivity index (χ2v) is 21.0. The number of carbonyl (C=O) groups excluding carboxylic acids is 3. The summed E-state index contributed by atoms with van der Waals surface area (Å²) < 4.78 is 16.8. The number of hydrogen-bond acceptors (Lipinski definition) is 6. The Hall–Kier alpha value is -2.37. The van der Waals surface area contributed by atoms with Crippen molar-refractivity contribution in [1.29, 1.82) is 0 Å². The molecular formula is C64H118O6. The highest BCUT2D eigenvalue weighted by Gasteiger charge is 2.19.